The second-order valence-electron chi connectivity index (χ2n) is 4.46. The molecule has 4 heteroatoms. The molecule has 1 aromatic heterocycles. The zero-order chi connectivity index (χ0) is 11.7. The molecular weight excluding hydrogens is 224 g/mol. The third kappa shape index (κ3) is 2.13. The second kappa shape index (κ2) is 4.55. The highest BCUT2D eigenvalue weighted by Crippen LogP contribution is 2.35. The summed E-state index contributed by atoms with van der Waals surface area (Å²) < 4.78 is 5.37. The lowest BCUT2D eigenvalue weighted by Crippen LogP contribution is -2.16. The first-order valence-electron chi connectivity index (χ1n) is 5.51. The Morgan fingerprint density at radius 1 is 1.56 bits per heavy atom. The molecule has 0 spiro atoms. The van der Waals surface area contributed by atoms with Crippen molar-refractivity contribution in [2.24, 2.45) is 5.92 Å². The van der Waals surface area contributed by atoms with Gasteiger partial charge in [-0.05, 0) is 17.5 Å². The van der Waals surface area contributed by atoms with Gasteiger partial charge in [0.2, 0.25) is 0 Å². The molecule has 0 radical (unpaired) electrons. The van der Waals surface area contributed by atoms with Gasteiger partial charge in [0, 0.05) is 16.2 Å². The highest BCUT2D eigenvalue weighted by Gasteiger charge is 2.27. The summed E-state index contributed by atoms with van der Waals surface area (Å²) in [5.41, 5.74) is 1.18. The average Bonchev–Trinajstić information content (AvgIpc) is 2.58. The Balaban J connectivity index is 2.31. The molecule has 0 amide bonds. The fraction of sp³-hybridized carbons (Fsp3) is 0.583. The van der Waals surface area contributed by atoms with Crippen LogP contribution in [0.1, 0.15) is 35.1 Å². The van der Waals surface area contributed by atoms with Crippen molar-refractivity contribution in [2.45, 2.75) is 32.8 Å². The van der Waals surface area contributed by atoms with E-state index in [0.717, 1.165) is 17.9 Å². The smallest absolute Gasteiger partial charge is 0.312 e. The first-order chi connectivity index (χ1) is 7.59. The van der Waals surface area contributed by atoms with E-state index in [9.17, 15) is 9.90 Å². The summed E-state index contributed by atoms with van der Waals surface area (Å²) in [5.74, 6) is -0.983. The predicted molar refractivity (Wildman–Crippen MR) is 62.9 cm³/mol. The van der Waals surface area contributed by atoms with E-state index in [1.165, 1.54) is 10.4 Å². The van der Waals surface area contributed by atoms with Crippen LogP contribution in [0.3, 0.4) is 0 Å². The standard InChI is InChI=1S/C12H16O3S/c1-7(2)11(12(13)14)10-5-8-6-15-4-3-9(8)16-10/h5,7,11H,3-4,6H2,1-2H3,(H,13,14). The van der Waals surface area contributed by atoms with Gasteiger partial charge in [0.15, 0.2) is 0 Å². The molecule has 2 heterocycles. The predicted octanol–water partition coefficient (Wildman–Crippen LogP) is 2.65. The summed E-state index contributed by atoms with van der Waals surface area (Å²) in [6.45, 7) is 5.30. The number of fused-ring (bicyclic) bond motifs is 1. The van der Waals surface area contributed by atoms with E-state index in [0.29, 0.717) is 6.61 Å². The summed E-state index contributed by atoms with van der Waals surface area (Å²) in [6.07, 6.45) is 0.921. The number of carboxylic acids is 1. The van der Waals surface area contributed by atoms with E-state index in [4.69, 9.17) is 4.74 Å². The molecule has 1 unspecified atom stereocenters. The Bertz CT molecular complexity index is 371. The number of thiophene rings is 1. The third-order valence-electron chi connectivity index (χ3n) is 2.89. The van der Waals surface area contributed by atoms with E-state index in [2.05, 4.69) is 0 Å². The molecule has 0 saturated carbocycles. The summed E-state index contributed by atoms with van der Waals surface area (Å²) in [7, 11) is 0. The Morgan fingerprint density at radius 2 is 2.31 bits per heavy atom. The van der Waals surface area contributed by atoms with Crippen molar-refractivity contribution in [3.8, 4) is 0 Å². The topological polar surface area (TPSA) is 46.5 Å². The third-order valence-corrected chi connectivity index (χ3v) is 4.21. The first kappa shape index (κ1) is 11.6. The molecule has 1 aliphatic rings. The van der Waals surface area contributed by atoms with Crippen LogP contribution in [0, 0.1) is 5.92 Å². The van der Waals surface area contributed by atoms with Crippen LogP contribution >= 0.6 is 11.3 Å². The highest BCUT2D eigenvalue weighted by atomic mass is 32.1. The zero-order valence-electron chi connectivity index (χ0n) is 9.53. The van der Waals surface area contributed by atoms with Gasteiger partial charge >= 0.3 is 5.97 Å². The summed E-state index contributed by atoms with van der Waals surface area (Å²) in [4.78, 5) is 13.5. The summed E-state index contributed by atoms with van der Waals surface area (Å²) in [6, 6.07) is 2.01. The van der Waals surface area contributed by atoms with E-state index in [-0.39, 0.29) is 11.8 Å². The molecule has 88 valence electrons. The Hall–Kier alpha value is -0.870. The Kier molecular flexibility index (Phi) is 3.30. The van der Waals surface area contributed by atoms with Crippen molar-refractivity contribution in [2.75, 3.05) is 6.61 Å². The summed E-state index contributed by atoms with van der Waals surface area (Å²) in [5, 5.41) is 9.23. The molecule has 16 heavy (non-hydrogen) atoms. The van der Waals surface area contributed by atoms with Crippen LogP contribution in [-0.4, -0.2) is 17.7 Å². The number of hydrogen-bond donors (Lipinski definition) is 1. The van der Waals surface area contributed by atoms with Gasteiger partial charge in [-0.15, -0.1) is 11.3 Å². The maximum absolute atomic E-state index is 11.2. The molecule has 1 N–H and O–H groups in total. The van der Waals surface area contributed by atoms with Crippen molar-refractivity contribution in [3.05, 3.63) is 21.4 Å². The molecule has 0 aliphatic carbocycles. The van der Waals surface area contributed by atoms with Gasteiger partial charge in [0.05, 0.1) is 19.1 Å². The van der Waals surface area contributed by atoms with Crippen LogP contribution in [0.4, 0.5) is 0 Å². The van der Waals surface area contributed by atoms with Crippen LogP contribution in [0.15, 0.2) is 6.07 Å². The van der Waals surface area contributed by atoms with Gasteiger partial charge in [-0.25, -0.2) is 0 Å². The normalized spacial score (nSPS) is 17.2. The molecule has 2 rings (SSSR count). The Morgan fingerprint density at radius 3 is 2.88 bits per heavy atom. The molecule has 0 fully saturated rings. The largest absolute Gasteiger partial charge is 0.481 e. The van der Waals surface area contributed by atoms with E-state index < -0.39 is 5.97 Å². The molecular formula is C12H16O3S. The molecule has 1 atom stereocenters. The number of carboxylic acid groups (broad SMARTS) is 1. The maximum atomic E-state index is 11.2. The fourth-order valence-corrected chi connectivity index (χ4v) is 3.48. The van der Waals surface area contributed by atoms with Crippen molar-refractivity contribution in [3.63, 3.8) is 0 Å². The highest BCUT2D eigenvalue weighted by molar-refractivity contribution is 7.12. The van der Waals surface area contributed by atoms with Gasteiger partial charge in [-0.2, -0.15) is 0 Å². The van der Waals surface area contributed by atoms with Crippen LogP contribution < -0.4 is 0 Å². The van der Waals surface area contributed by atoms with Crippen molar-refractivity contribution in [1.29, 1.82) is 0 Å². The monoisotopic (exact) mass is 240 g/mol. The lowest BCUT2D eigenvalue weighted by molar-refractivity contribution is -0.139. The minimum absolute atomic E-state index is 0.124. The van der Waals surface area contributed by atoms with E-state index in [1.807, 2.05) is 19.9 Å². The van der Waals surface area contributed by atoms with Crippen LogP contribution in [0.2, 0.25) is 0 Å². The molecule has 0 bridgehead atoms. The van der Waals surface area contributed by atoms with Gasteiger partial charge < -0.3 is 9.84 Å². The lowest BCUT2D eigenvalue weighted by Gasteiger charge is -2.13. The average molecular weight is 240 g/mol. The van der Waals surface area contributed by atoms with Gasteiger partial charge in [0.1, 0.15) is 0 Å². The molecule has 1 aliphatic heterocycles. The van der Waals surface area contributed by atoms with Gasteiger partial charge in [-0.3, -0.25) is 4.79 Å². The maximum Gasteiger partial charge on any atom is 0.312 e. The van der Waals surface area contributed by atoms with Crippen molar-refractivity contribution >= 4 is 17.3 Å². The summed E-state index contributed by atoms with van der Waals surface area (Å²) >= 11 is 1.64. The number of ether oxygens (including phenoxy) is 1. The van der Waals surface area contributed by atoms with Gasteiger partial charge in [-0.1, -0.05) is 13.8 Å². The minimum Gasteiger partial charge on any atom is -0.481 e. The van der Waals surface area contributed by atoms with Crippen LogP contribution in [-0.2, 0) is 22.6 Å². The quantitative estimate of drug-likeness (QED) is 0.883. The number of hydrogen-bond acceptors (Lipinski definition) is 3. The lowest BCUT2D eigenvalue weighted by atomic mass is 9.94. The fourth-order valence-electron chi connectivity index (χ4n) is 2.06. The van der Waals surface area contributed by atoms with Crippen LogP contribution in [0.25, 0.3) is 0 Å². The minimum atomic E-state index is -0.727. The van der Waals surface area contributed by atoms with E-state index in [1.54, 1.807) is 11.3 Å². The number of rotatable bonds is 3. The number of aliphatic carboxylic acids is 1. The Labute approximate surface area is 99.1 Å². The first-order valence-corrected chi connectivity index (χ1v) is 6.33. The van der Waals surface area contributed by atoms with Crippen molar-refractivity contribution in [1.82, 2.24) is 0 Å². The van der Waals surface area contributed by atoms with Crippen molar-refractivity contribution < 1.29 is 14.6 Å². The molecule has 0 saturated heterocycles. The van der Waals surface area contributed by atoms with E-state index >= 15 is 0 Å². The number of carbonyl (C=O) groups is 1. The van der Waals surface area contributed by atoms with Crippen LogP contribution in [0.5, 0.6) is 0 Å². The SMILES string of the molecule is CC(C)C(C(=O)O)c1cc2c(s1)CCOC2. The molecule has 0 aromatic carbocycles. The second-order valence-corrected chi connectivity index (χ2v) is 5.63. The molecule has 3 nitrogen and oxygen atoms in total. The zero-order valence-corrected chi connectivity index (χ0v) is 10.3. The van der Waals surface area contributed by atoms with Gasteiger partial charge in [0.25, 0.3) is 0 Å². The molecule has 1 aromatic rings.